The number of hydrogen-bond donors (Lipinski definition) is 1. The van der Waals surface area contributed by atoms with Gasteiger partial charge in [0.2, 0.25) is 0 Å². The molecule has 3 heteroatoms. The topological polar surface area (TPSA) is 17.0 Å². The molecule has 0 aliphatic rings. The van der Waals surface area contributed by atoms with Crippen molar-refractivity contribution in [3.05, 3.63) is 36.0 Å². The van der Waals surface area contributed by atoms with E-state index < -0.39 is 0 Å². The highest BCUT2D eigenvalue weighted by Crippen LogP contribution is 2.24. The highest BCUT2D eigenvalue weighted by Gasteiger charge is 2.09. The Kier molecular flexibility index (Phi) is 5.89. The summed E-state index contributed by atoms with van der Waals surface area (Å²) in [6.45, 7) is 11.0. The Morgan fingerprint density at radius 3 is 2.42 bits per heavy atom. The summed E-state index contributed by atoms with van der Waals surface area (Å²) in [6, 6.07) is 9.18. The van der Waals surface area contributed by atoms with Crippen LogP contribution in [0.1, 0.15) is 39.3 Å². The second-order valence-corrected chi connectivity index (χ2v) is 5.70. The molecule has 0 bridgehead atoms. The number of aromatic nitrogens is 1. The van der Waals surface area contributed by atoms with E-state index in [0.29, 0.717) is 12.0 Å². The normalized spacial score (nSPS) is 11.3. The first-order chi connectivity index (χ1) is 8.59. The predicted octanol–water partition coefficient (Wildman–Crippen LogP) is 4.39. The van der Waals surface area contributed by atoms with Crippen molar-refractivity contribution in [3.8, 4) is 0 Å². The molecular weight excluding hydrogens is 256 g/mol. The number of halogens is 1. The molecule has 1 heterocycles. The van der Waals surface area contributed by atoms with Crippen LogP contribution in [0.5, 0.6) is 0 Å². The Morgan fingerprint density at radius 2 is 1.79 bits per heavy atom. The zero-order chi connectivity index (χ0) is 13.1. The van der Waals surface area contributed by atoms with Gasteiger partial charge in [0.15, 0.2) is 0 Å². The number of hydrogen-bond acceptors (Lipinski definition) is 1. The van der Waals surface area contributed by atoms with E-state index in [-0.39, 0.29) is 12.4 Å². The molecular formula is C16H25ClN2. The largest absolute Gasteiger partial charge is 0.345 e. The first-order valence-electron chi connectivity index (χ1n) is 6.88. The summed E-state index contributed by atoms with van der Waals surface area (Å²) in [5.74, 6) is 0.698. The van der Waals surface area contributed by atoms with Gasteiger partial charge in [0.25, 0.3) is 0 Å². The number of rotatable bonds is 5. The van der Waals surface area contributed by atoms with Gasteiger partial charge < -0.3 is 9.88 Å². The fourth-order valence-corrected chi connectivity index (χ4v) is 2.34. The molecule has 0 fully saturated rings. The zero-order valence-corrected chi connectivity index (χ0v) is 13.1. The summed E-state index contributed by atoms with van der Waals surface area (Å²) in [4.78, 5) is 0. The van der Waals surface area contributed by atoms with Crippen LogP contribution in [0.4, 0.5) is 0 Å². The lowest BCUT2D eigenvalue weighted by molar-refractivity contribution is 0.551. The van der Waals surface area contributed by atoms with Gasteiger partial charge in [-0.3, -0.25) is 0 Å². The fourth-order valence-electron chi connectivity index (χ4n) is 2.34. The van der Waals surface area contributed by atoms with Gasteiger partial charge in [-0.05, 0) is 37.9 Å². The molecule has 0 saturated heterocycles. The molecule has 0 aliphatic heterocycles. The van der Waals surface area contributed by atoms with Gasteiger partial charge in [0.1, 0.15) is 0 Å². The Labute approximate surface area is 122 Å². The Hall–Kier alpha value is -0.990. The quantitative estimate of drug-likeness (QED) is 0.859. The summed E-state index contributed by atoms with van der Waals surface area (Å²) in [6.07, 6.45) is 2.29. The van der Waals surface area contributed by atoms with E-state index in [1.165, 1.54) is 16.5 Å². The van der Waals surface area contributed by atoms with Crippen molar-refractivity contribution in [3.63, 3.8) is 0 Å². The number of nitrogens with zero attached hydrogens (tertiary/aromatic N) is 1. The summed E-state index contributed by atoms with van der Waals surface area (Å²) >= 11 is 0. The van der Waals surface area contributed by atoms with Crippen LogP contribution >= 0.6 is 12.4 Å². The molecule has 2 rings (SSSR count). The molecule has 2 nitrogen and oxygen atoms in total. The summed E-state index contributed by atoms with van der Waals surface area (Å²) in [5.41, 5.74) is 2.74. The number of nitrogens with one attached hydrogen (secondary N) is 1. The average molecular weight is 281 g/mol. The van der Waals surface area contributed by atoms with Crippen molar-refractivity contribution in [1.29, 1.82) is 0 Å². The van der Waals surface area contributed by atoms with Gasteiger partial charge in [0.05, 0.1) is 0 Å². The van der Waals surface area contributed by atoms with Crippen LogP contribution in [0.25, 0.3) is 10.9 Å². The molecule has 106 valence electrons. The van der Waals surface area contributed by atoms with Gasteiger partial charge in [-0.1, -0.05) is 32.0 Å². The van der Waals surface area contributed by atoms with Crippen molar-refractivity contribution in [1.82, 2.24) is 9.88 Å². The molecule has 1 aromatic carbocycles. The monoisotopic (exact) mass is 280 g/mol. The van der Waals surface area contributed by atoms with Crippen LogP contribution < -0.4 is 5.32 Å². The minimum atomic E-state index is 0. The van der Waals surface area contributed by atoms with Crippen molar-refractivity contribution in [2.75, 3.05) is 6.54 Å². The Morgan fingerprint density at radius 1 is 1.11 bits per heavy atom. The number of benzene rings is 1. The predicted molar refractivity (Wildman–Crippen MR) is 86.1 cm³/mol. The van der Waals surface area contributed by atoms with E-state index in [0.717, 1.165) is 13.1 Å². The number of para-hydroxylation sites is 1. The van der Waals surface area contributed by atoms with E-state index in [1.54, 1.807) is 0 Å². The van der Waals surface area contributed by atoms with E-state index in [1.807, 2.05) is 0 Å². The van der Waals surface area contributed by atoms with Gasteiger partial charge >= 0.3 is 0 Å². The smallest absolute Gasteiger partial charge is 0.0486 e. The van der Waals surface area contributed by atoms with Crippen molar-refractivity contribution in [2.45, 2.75) is 40.3 Å². The molecule has 0 aliphatic carbocycles. The van der Waals surface area contributed by atoms with Crippen LogP contribution in [0, 0.1) is 5.92 Å². The van der Waals surface area contributed by atoms with Crippen molar-refractivity contribution in [2.24, 2.45) is 5.92 Å². The molecule has 19 heavy (non-hydrogen) atoms. The van der Waals surface area contributed by atoms with Crippen LogP contribution in [-0.4, -0.2) is 11.1 Å². The molecule has 0 atom stereocenters. The molecule has 0 amide bonds. The van der Waals surface area contributed by atoms with Crippen molar-refractivity contribution < 1.29 is 0 Å². The SMILES string of the molecule is CC(C)CNCc1cn(C(C)C)c2ccccc12.Cl. The van der Waals surface area contributed by atoms with E-state index >= 15 is 0 Å². The third-order valence-electron chi connectivity index (χ3n) is 3.25. The fraction of sp³-hybridized carbons (Fsp3) is 0.500. The third-order valence-corrected chi connectivity index (χ3v) is 3.25. The third kappa shape index (κ3) is 3.74. The summed E-state index contributed by atoms with van der Waals surface area (Å²) in [7, 11) is 0. The summed E-state index contributed by atoms with van der Waals surface area (Å²) < 4.78 is 2.36. The maximum Gasteiger partial charge on any atom is 0.0486 e. The Bertz CT molecular complexity index is 514. The highest BCUT2D eigenvalue weighted by atomic mass is 35.5. The Balaban J connectivity index is 0.00000180. The maximum atomic E-state index is 3.53. The van der Waals surface area contributed by atoms with Crippen molar-refractivity contribution >= 4 is 23.3 Å². The molecule has 0 saturated carbocycles. The average Bonchev–Trinajstić information content (AvgIpc) is 2.68. The molecule has 2 aromatic rings. The lowest BCUT2D eigenvalue weighted by Crippen LogP contribution is -2.18. The van der Waals surface area contributed by atoms with Gasteiger partial charge in [-0.2, -0.15) is 0 Å². The van der Waals surface area contributed by atoms with Crippen LogP contribution in [0.15, 0.2) is 30.5 Å². The van der Waals surface area contributed by atoms with Crippen LogP contribution in [-0.2, 0) is 6.54 Å². The summed E-state index contributed by atoms with van der Waals surface area (Å²) in [5, 5.41) is 4.91. The minimum absolute atomic E-state index is 0. The second-order valence-electron chi connectivity index (χ2n) is 5.70. The van der Waals surface area contributed by atoms with Crippen LogP contribution in [0.2, 0.25) is 0 Å². The minimum Gasteiger partial charge on any atom is -0.345 e. The standard InChI is InChI=1S/C16H24N2.ClH/c1-12(2)9-17-10-14-11-18(13(3)4)16-8-6-5-7-15(14)16;/h5-8,11-13,17H,9-10H2,1-4H3;1H. The van der Waals surface area contributed by atoms with Crippen LogP contribution in [0.3, 0.4) is 0 Å². The second kappa shape index (κ2) is 6.97. The van der Waals surface area contributed by atoms with Gasteiger partial charge in [-0.15, -0.1) is 12.4 Å². The van der Waals surface area contributed by atoms with Gasteiger partial charge in [-0.25, -0.2) is 0 Å². The number of fused-ring (bicyclic) bond motifs is 1. The maximum absolute atomic E-state index is 3.53. The highest BCUT2D eigenvalue weighted by molar-refractivity contribution is 5.85. The first-order valence-corrected chi connectivity index (χ1v) is 6.88. The lowest BCUT2D eigenvalue weighted by atomic mass is 10.1. The zero-order valence-electron chi connectivity index (χ0n) is 12.3. The molecule has 1 N–H and O–H groups in total. The molecule has 0 unspecified atom stereocenters. The van der Waals surface area contributed by atoms with E-state index in [2.05, 4.69) is 68.0 Å². The lowest BCUT2D eigenvalue weighted by Gasteiger charge is -2.08. The molecule has 0 spiro atoms. The van der Waals surface area contributed by atoms with E-state index in [9.17, 15) is 0 Å². The first kappa shape index (κ1) is 16.1. The van der Waals surface area contributed by atoms with Gasteiger partial charge in [0, 0.05) is 29.7 Å². The van der Waals surface area contributed by atoms with E-state index in [4.69, 9.17) is 0 Å². The molecule has 1 aromatic heterocycles. The molecule has 0 radical (unpaired) electrons.